The van der Waals surface area contributed by atoms with Crippen LogP contribution in [0.5, 0.6) is 17.2 Å². The first-order chi connectivity index (χ1) is 15.7. The van der Waals surface area contributed by atoms with Crippen molar-refractivity contribution in [1.82, 2.24) is 4.98 Å². The topological polar surface area (TPSA) is 82.0 Å². The molecule has 0 atom stereocenters. The summed E-state index contributed by atoms with van der Waals surface area (Å²) in [6.07, 6.45) is -2.53. The zero-order valence-corrected chi connectivity index (χ0v) is 18.1. The van der Waals surface area contributed by atoms with Gasteiger partial charge in [0.1, 0.15) is 5.75 Å². The van der Waals surface area contributed by atoms with Crippen LogP contribution in [0.3, 0.4) is 0 Å². The number of carbonyl (C=O) groups excluding carboxylic acids is 1. The third-order valence-electron chi connectivity index (χ3n) is 4.27. The molecule has 0 saturated carbocycles. The average molecular weight is 480 g/mol. The SMILES string of the molecule is COc1ccc(C(=O)Oc2ccc(/C=N\Nc3ncc(C(F)(F)F)cc3Cl)cc2OC)cc1. The quantitative estimate of drug-likeness (QED) is 0.210. The normalized spacial score (nSPS) is 11.3. The van der Waals surface area contributed by atoms with Gasteiger partial charge in [-0.05, 0) is 54.1 Å². The number of carbonyl (C=O) groups is 1. The summed E-state index contributed by atoms with van der Waals surface area (Å²) in [4.78, 5) is 16.0. The smallest absolute Gasteiger partial charge is 0.417 e. The molecule has 3 rings (SSSR count). The second-order valence-corrected chi connectivity index (χ2v) is 6.86. The molecule has 3 aromatic rings. The predicted octanol–water partition coefficient (Wildman–Crippen LogP) is 5.44. The Kier molecular flexibility index (Phi) is 7.39. The fourth-order valence-electron chi connectivity index (χ4n) is 2.58. The average Bonchev–Trinajstić information content (AvgIpc) is 2.80. The highest BCUT2D eigenvalue weighted by Crippen LogP contribution is 2.32. The number of methoxy groups -OCH3 is 2. The van der Waals surface area contributed by atoms with Gasteiger partial charge in [-0.15, -0.1) is 0 Å². The van der Waals surface area contributed by atoms with Crippen molar-refractivity contribution in [1.29, 1.82) is 0 Å². The third kappa shape index (κ3) is 6.13. The van der Waals surface area contributed by atoms with Crippen molar-refractivity contribution in [2.45, 2.75) is 6.18 Å². The van der Waals surface area contributed by atoms with Crippen molar-refractivity contribution < 1.29 is 32.2 Å². The number of nitrogens with zero attached hydrogens (tertiary/aromatic N) is 2. The zero-order valence-electron chi connectivity index (χ0n) is 17.3. The van der Waals surface area contributed by atoms with Crippen LogP contribution in [0.4, 0.5) is 19.0 Å². The van der Waals surface area contributed by atoms with Crippen LogP contribution in [-0.2, 0) is 6.18 Å². The van der Waals surface area contributed by atoms with Gasteiger partial charge < -0.3 is 14.2 Å². The minimum Gasteiger partial charge on any atom is -0.497 e. The van der Waals surface area contributed by atoms with Crippen LogP contribution in [0, 0.1) is 0 Å². The Bertz CT molecular complexity index is 1170. The Morgan fingerprint density at radius 2 is 1.79 bits per heavy atom. The molecule has 2 aromatic carbocycles. The van der Waals surface area contributed by atoms with Crippen molar-refractivity contribution in [3.05, 3.63) is 76.4 Å². The number of pyridine rings is 1. The van der Waals surface area contributed by atoms with Crippen LogP contribution in [0.2, 0.25) is 5.02 Å². The van der Waals surface area contributed by atoms with Gasteiger partial charge in [0.25, 0.3) is 0 Å². The number of ether oxygens (including phenoxy) is 3. The molecule has 0 bridgehead atoms. The van der Waals surface area contributed by atoms with E-state index in [0.717, 1.165) is 6.07 Å². The van der Waals surface area contributed by atoms with Gasteiger partial charge >= 0.3 is 12.1 Å². The van der Waals surface area contributed by atoms with Crippen molar-refractivity contribution in [3.63, 3.8) is 0 Å². The Morgan fingerprint density at radius 1 is 1.06 bits per heavy atom. The van der Waals surface area contributed by atoms with Crippen molar-refractivity contribution in [2.75, 3.05) is 19.6 Å². The number of hydrogen-bond donors (Lipinski definition) is 1. The highest BCUT2D eigenvalue weighted by molar-refractivity contribution is 6.33. The number of hydrazone groups is 1. The molecular formula is C22H17ClF3N3O4. The van der Waals surface area contributed by atoms with E-state index < -0.39 is 17.7 Å². The summed E-state index contributed by atoms with van der Waals surface area (Å²) in [5.74, 6) is 0.441. The van der Waals surface area contributed by atoms with E-state index in [1.54, 1.807) is 36.4 Å². The van der Waals surface area contributed by atoms with Crippen LogP contribution in [0.15, 0.2) is 59.8 Å². The van der Waals surface area contributed by atoms with E-state index in [-0.39, 0.29) is 22.3 Å². The van der Waals surface area contributed by atoms with E-state index in [2.05, 4.69) is 15.5 Å². The number of rotatable bonds is 7. The molecule has 1 heterocycles. The highest BCUT2D eigenvalue weighted by Gasteiger charge is 2.31. The van der Waals surface area contributed by atoms with E-state index in [1.807, 2.05) is 0 Å². The summed E-state index contributed by atoms with van der Waals surface area (Å²) < 4.78 is 53.8. The maximum Gasteiger partial charge on any atom is 0.417 e. The van der Waals surface area contributed by atoms with E-state index in [9.17, 15) is 18.0 Å². The molecule has 1 aromatic heterocycles. The van der Waals surface area contributed by atoms with Gasteiger partial charge in [0.05, 0.1) is 36.6 Å². The molecule has 7 nitrogen and oxygen atoms in total. The number of halogens is 4. The molecule has 0 aliphatic rings. The number of hydrogen-bond acceptors (Lipinski definition) is 7. The second kappa shape index (κ2) is 10.2. The summed E-state index contributed by atoms with van der Waals surface area (Å²) in [7, 11) is 2.93. The first-order valence-electron chi connectivity index (χ1n) is 9.27. The third-order valence-corrected chi connectivity index (χ3v) is 4.56. The van der Waals surface area contributed by atoms with Crippen LogP contribution < -0.4 is 19.6 Å². The largest absolute Gasteiger partial charge is 0.497 e. The molecule has 0 saturated heterocycles. The minimum atomic E-state index is -4.55. The number of aromatic nitrogens is 1. The maximum absolute atomic E-state index is 12.7. The number of nitrogens with one attached hydrogen (secondary N) is 1. The number of alkyl halides is 3. The van der Waals surface area contributed by atoms with Gasteiger partial charge in [0.15, 0.2) is 17.3 Å². The second-order valence-electron chi connectivity index (χ2n) is 6.45. The first-order valence-corrected chi connectivity index (χ1v) is 9.65. The Balaban J connectivity index is 1.69. The summed E-state index contributed by atoms with van der Waals surface area (Å²) in [5.41, 5.74) is 2.39. The zero-order chi connectivity index (χ0) is 24.0. The molecule has 1 N–H and O–H groups in total. The summed E-state index contributed by atoms with van der Waals surface area (Å²) in [5, 5.41) is 3.68. The van der Waals surface area contributed by atoms with Crippen LogP contribution >= 0.6 is 11.6 Å². The molecule has 0 radical (unpaired) electrons. The molecule has 33 heavy (non-hydrogen) atoms. The van der Waals surface area contributed by atoms with Gasteiger partial charge in [-0.25, -0.2) is 9.78 Å². The molecule has 0 amide bonds. The van der Waals surface area contributed by atoms with E-state index in [1.165, 1.54) is 26.5 Å². The molecule has 0 spiro atoms. The number of benzene rings is 2. The lowest BCUT2D eigenvalue weighted by Gasteiger charge is -2.10. The van der Waals surface area contributed by atoms with E-state index in [4.69, 9.17) is 25.8 Å². The molecule has 0 aliphatic heterocycles. The molecule has 172 valence electrons. The van der Waals surface area contributed by atoms with E-state index >= 15 is 0 Å². The Labute approximate surface area is 191 Å². The van der Waals surface area contributed by atoms with Crippen molar-refractivity contribution in [2.24, 2.45) is 5.10 Å². The lowest BCUT2D eigenvalue weighted by Crippen LogP contribution is -2.09. The minimum absolute atomic E-state index is 0.0436. The van der Waals surface area contributed by atoms with Gasteiger partial charge in [-0.1, -0.05) is 11.6 Å². The lowest BCUT2D eigenvalue weighted by molar-refractivity contribution is -0.137. The van der Waals surface area contributed by atoms with Crippen molar-refractivity contribution >= 4 is 29.6 Å². The number of anilines is 1. The molecule has 0 unspecified atom stereocenters. The Hall–Kier alpha value is -3.79. The Morgan fingerprint density at radius 3 is 2.39 bits per heavy atom. The number of esters is 1. The highest BCUT2D eigenvalue weighted by atomic mass is 35.5. The fourth-order valence-corrected chi connectivity index (χ4v) is 2.79. The predicted molar refractivity (Wildman–Crippen MR) is 116 cm³/mol. The maximum atomic E-state index is 12.7. The monoisotopic (exact) mass is 479 g/mol. The summed E-state index contributed by atoms with van der Waals surface area (Å²) >= 11 is 5.83. The molecule has 11 heteroatoms. The molecule has 0 fully saturated rings. The first kappa shape index (κ1) is 23.9. The standard InChI is InChI=1S/C22H17ClF3N3O4/c1-31-16-6-4-14(5-7-16)21(30)33-18-8-3-13(9-19(18)32-2)11-28-29-20-17(23)10-15(12-27-20)22(24,25)26/h3-12H,1-2H3,(H,27,29)/b28-11-. The van der Waals surface area contributed by atoms with Gasteiger partial charge in [0, 0.05) is 6.20 Å². The van der Waals surface area contributed by atoms with Crippen molar-refractivity contribution in [3.8, 4) is 17.2 Å². The molecular weight excluding hydrogens is 463 g/mol. The van der Waals surface area contributed by atoms with E-state index in [0.29, 0.717) is 23.1 Å². The molecule has 0 aliphatic carbocycles. The van der Waals surface area contributed by atoms with Crippen LogP contribution in [0.25, 0.3) is 0 Å². The van der Waals surface area contributed by atoms with Crippen LogP contribution in [-0.4, -0.2) is 31.4 Å². The summed E-state index contributed by atoms with van der Waals surface area (Å²) in [6, 6.07) is 11.8. The van der Waals surface area contributed by atoms with Gasteiger partial charge in [-0.3, -0.25) is 5.43 Å². The van der Waals surface area contributed by atoms with Crippen LogP contribution in [0.1, 0.15) is 21.5 Å². The van der Waals surface area contributed by atoms with Gasteiger partial charge in [-0.2, -0.15) is 18.3 Å². The lowest BCUT2D eigenvalue weighted by atomic mass is 10.2. The summed E-state index contributed by atoms with van der Waals surface area (Å²) in [6.45, 7) is 0. The fraction of sp³-hybridized carbons (Fsp3) is 0.136. The van der Waals surface area contributed by atoms with Gasteiger partial charge in [0.2, 0.25) is 0 Å².